The van der Waals surface area contributed by atoms with Crippen LogP contribution in [-0.2, 0) is 44.9 Å². The van der Waals surface area contributed by atoms with Crippen LogP contribution in [0.3, 0.4) is 0 Å². The summed E-state index contributed by atoms with van der Waals surface area (Å²) < 4.78 is 16.8. The molecule has 20 rings (SSSR count). The van der Waals surface area contributed by atoms with Crippen LogP contribution in [0.1, 0.15) is 22.8 Å². The smallest absolute Gasteiger partial charge is 0.272 e. The Bertz CT molecular complexity index is 6430. The van der Waals surface area contributed by atoms with Gasteiger partial charge in [0.2, 0.25) is 23.6 Å². The highest BCUT2D eigenvalue weighted by Gasteiger charge is 2.29. The molecule has 4 aliphatic heterocycles. The van der Waals surface area contributed by atoms with Crippen molar-refractivity contribution in [3.63, 3.8) is 0 Å². The normalized spacial score (nSPS) is 12.5. The number of carbonyl (C=O) groups is 4. The number of thioether (sulfide) groups is 8. The van der Waals surface area contributed by atoms with E-state index in [0.717, 1.165) is 133 Å². The third-order valence-corrected chi connectivity index (χ3v) is 28.5. The van der Waals surface area contributed by atoms with Crippen LogP contribution < -0.4 is 43.5 Å². The van der Waals surface area contributed by atoms with Crippen molar-refractivity contribution in [2.45, 2.75) is 65.9 Å². The van der Waals surface area contributed by atoms with Crippen molar-refractivity contribution in [3.05, 3.63) is 331 Å². The summed E-state index contributed by atoms with van der Waals surface area (Å²) in [5, 5.41) is 17.3. The Balaban J connectivity index is 0.000000121. The predicted molar refractivity (Wildman–Crippen MR) is 511 cm³/mol. The van der Waals surface area contributed by atoms with Crippen molar-refractivity contribution in [3.8, 4) is 67.5 Å². The number of fused-ring (bicyclic) bond motifs is 4. The van der Waals surface area contributed by atoms with Crippen molar-refractivity contribution < 1.29 is 28.0 Å². The molecule has 4 aromatic carbocycles. The van der Waals surface area contributed by atoms with E-state index < -0.39 is 0 Å². The minimum Gasteiger partial charge on any atom is -0.472 e. The third kappa shape index (κ3) is 21.7. The number of aromatic nitrogens is 14. The van der Waals surface area contributed by atoms with Crippen molar-refractivity contribution in [2.75, 3.05) is 67.3 Å². The first-order valence-corrected chi connectivity index (χ1v) is 48.8. The Kier molecular flexibility index (Phi) is 28.9. The maximum absolute atomic E-state index is 13.1. The molecule has 0 atom stereocenters. The summed E-state index contributed by atoms with van der Waals surface area (Å²) in [6, 6.07) is 59.6. The first-order valence-electron chi connectivity index (χ1n) is 40.0. The summed E-state index contributed by atoms with van der Waals surface area (Å²) in [5.74, 6) is 5.52. The molecule has 0 bridgehead atoms. The van der Waals surface area contributed by atoms with Gasteiger partial charge in [0.25, 0.3) is 22.2 Å². The number of carbonyl (C=O) groups excluding carboxylic acids is 4. The molecule has 28 nitrogen and oxygen atoms in total. The highest BCUT2D eigenvalue weighted by atomic mass is 32.2. The standard InChI is InChI=1S/C23H18N6O2S2.2C23H18N4O3S2.C23H18N4O2S3/c30-20(28-19-7-6-15(12-26-19)16-10-24-14-25-11-16)13-33-23-27-18-8-9-32-21(18)22(31)29(23)17-4-2-1-3-5-17;28-20(26-19-9-8-15(13-24-19)18-7-4-11-30-18)14-32-23-25-17-10-12-31-21(17)22(29)27(23)16-5-2-1-3-6-16;2*28-20(26-19-7-6-15(12-24-19)16-8-10-30-13-16)14-32-23-25-18-9-11-31-21(18)22(29)27(23)17-4-2-1-3-5-17/h1-7,10-12,14H,8-9,13H2,(H,26,28,30);1-9,11,13H,10,12,14H2,(H,24,26,28);2*1-8,10,12-13H,9,11,14H2,(H,24,26,28). The molecule has 644 valence electrons. The van der Waals surface area contributed by atoms with Crippen LogP contribution in [0.25, 0.3) is 67.5 Å². The molecule has 0 unspecified atom stereocenters. The number of anilines is 4. The van der Waals surface area contributed by atoms with Gasteiger partial charge >= 0.3 is 0 Å². The number of benzene rings is 4. The second kappa shape index (κ2) is 42.3. The Morgan fingerprint density at radius 2 is 0.674 bits per heavy atom. The van der Waals surface area contributed by atoms with Crippen LogP contribution in [0.4, 0.5) is 23.3 Å². The van der Waals surface area contributed by atoms with E-state index in [2.05, 4.69) is 56.6 Å². The van der Waals surface area contributed by atoms with Crippen LogP contribution in [-0.4, -0.2) is 138 Å². The van der Waals surface area contributed by atoms with Crippen molar-refractivity contribution >= 4 is 152 Å². The molecule has 0 radical (unpaired) electrons. The zero-order valence-electron chi connectivity index (χ0n) is 67.9. The zero-order chi connectivity index (χ0) is 88.4. The predicted octanol–water partition coefficient (Wildman–Crippen LogP) is 16.7. The fraction of sp³-hybridized carbons (Fsp3) is 0.130. The van der Waals surface area contributed by atoms with Crippen LogP contribution >= 0.6 is 105 Å². The number of nitrogens with zero attached hydrogens (tertiary/aromatic N) is 14. The van der Waals surface area contributed by atoms with Gasteiger partial charge in [0.05, 0.1) is 107 Å². The molecule has 16 aromatic rings. The van der Waals surface area contributed by atoms with Gasteiger partial charge in [0.15, 0.2) is 20.6 Å². The van der Waals surface area contributed by atoms with Gasteiger partial charge in [0, 0.05) is 119 Å². The molecule has 16 heterocycles. The lowest BCUT2D eigenvalue weighted by molar-refractivity contribution is -0.114. The Hall–Kier alpha value is -13.0. The van der Waals surface area contributed by atoms with Crippen LogP contribution in [0.5, 0.6) is 0 Å². The van der Waals surface area contributed by atoms with Crippen molar-refractivity contribution in [2.24, 2.45) is 0 Å². The van der Waals surface area contributed by atoms with E-state index in [9.17, 15) is 38.4 Å². The third-order valence-electron chi connectivity index (χ3n) is 19.6. The quantitative estimate of drug-likeness (QED) is 0.0322. The Labute approximate surface area is 774 Å². The fourth-order valence-electron chi connectivity index (χ4n) is 13.5. The van der Waals surface area contributed by atoms with Gasteiger partial charge in [-0.3, -0.25) is 56.6 Å². The zero-order valence-corrected chi connectivity index (χ0v) is 75.3. The van der Waals surface area contributed by atoms with E-state index in [4.69, 9.17) is 28.8 Å². The largest absolute Gasteiger partial charge is 0.472 e. The topological polar surface area (TPSA) is 360 Å². The maximum Gasteiger partial charge on any atom is 0.272 e. The summed E-state index contributed by atoms with van der Waals surface area (Å²) >= 11 is 12.8. The average Bonchev–Trinajstić information content (AvgIpc) is 1.78. The Morgan fingerprint density at radius 1 is 0.341 bits per heavy atom. The molecule has 37 heteroatoms. The van der Waals surface area contributed by atoms with E-state index in [1.807, 2.05) is 175 Å². The number of furan rings is 2. The molecule has 0 saturated carbocycles. The number of thiophene rings is 1. The average molecular weight is 1880 g/mol. The summed E-state index contributed by atoms with van der Waals surface area (Å²) in [7, 11) is 0. The molecule has 4 aliphatic rings. The van der Waals surface area contributed by atoms with Gasteiger partial charge in [-0.2, -0.15) is 11.3 Å². The van der Waals surface area contributed by atoms with E-state index in [1.165, 1.54) is 88.7 Å². The highest BCUT2D eigenvalue weighted by molar-refractivity contribution is 8.01. The molecular weight excluding hydrogens is 1810 g/mol. The van der Waals surface area contributed by atoms with Crippen LogP contribution in [0, 0.1) is 0 Å². The molecule has 0 aliphatic carbocycles. The number of aryl methyl sites for hydroxylation is 4. The summed E-state index contributed by atoms with van der Waals surface area (Å²) in [6.45, 7) is 0. The Morgan fingerprint density at radius 3 is 0.969 bits per heavy atom. The first-order chi connectivity index (χ1) is 63.2. The molecule has 0 saturated heterocycles. The number of para-hydroxylation sites is 4. The first kappa shape index (κ1) is 88.1. The summed E-state index contributed by atoms with van der Waals surface area (Å²) in [5.41, 5.74) is 12.3. The molecule has 0 spiro atoms. The van der Waals surface area contributed by atoms with Crippen molar-refractivity contribution in [1.82, 2.24) is 68.1 Å². The lowest BCUT2D eigenvalue weighted by Gasteiger charge is -2.13. The van der Waals surface area contributed by atoms with Crippen LogP contribution in [0.2, 0.25) is 0 Å². The number of hydrogen-bond donors (Lipinski definition) is 4. The van der Waals surface area contributed by atoms with Gasteiger partial charge in [-0.1, -0.05) is 120 Å². The molecule has 4 amide bonds. The van der Waals surface area contributed by atoms with Gasteiger partial charge in [-0.25, -0.2) is 49.8 Å². The number of pyridine rings is 4. The SMILES string of the molecule is O=C(CSc1nc2c(c(=O)n1-c1ccccc1)SCC2)Nc1ccc(-c2ccco2)cn1.O=C(CSc1nc2c(c(=O)n1-c1ccccc1)SCC2)Nc1ccc(-c2ccoc2)cn1.O=C(CSc1nc2c(c(=O)n1-c1ccccc1)SCC2)Nc1ccc(-c2ccsc2)cn1.O=C(CSc1nc2c(c(=O)n1-c1ccccc1)SCC2)Nc1ccc(-c2cncnc2)cn1. The van der Waals surface area contributed by atoms with E-state index in [1.54, 1.807) is 122 Å². The van der Waals surface area contributed by atoms with E-state index in [0.29, 0.717) is 69.2 Å². The molecule has 0 fully saturated rings. The fourth-order valence-corrected chi connectivity index (χ4v) is 21.6. The monoisotopic (exact) mass is 1880 g/mol. The van der Waals surface area contributed by atoms with Gasteiger partial charge in [-0.05, 0) is 138 Å². The number of hydrogen-bond acceptors (Lipinski definition) is 29. The molecule has 4 N–H and O–H groups in total. The van der Waals surface area contributed by atoms with Gasteiger partial charge < -0.3 is 30.1 Å². The van der Waals surface area contributed by atoms with E-state index in [-0.39, 0.29) is 68.9 Å². The van der Waals surface area contributed by atoms with Crippen LogP contribution in [0.15, 0.2) is 335 Å². The number of amides is 4. The van der Waals surface area contributed by atoms with Gasteiger partial charge in [0.1, 0.15) is 35.4 Å². The molecule has 129 heavy (non-hydrogen) atoms. The highest BCUT2D eigenvalue weighted by Crippen LogP contribution is 2.36. The maximum atomic E-state index is 13.1. The number of rotatable bonds is 24. The summed E-state index contributed by atoms with van der Waals surface area (Å²) in [6.07, 6.45) is 19.5. The minimum atomic E-state index is -0.230. The lowest BCUT2D eigenvalue weighted by atomic mass is 10.1. The van der Waals surface area contributed by atoms with E-state index >= 15 is 0 Å². The second-order valence-corrected chi connectivity index (χ2v) is 37.2. The van der Waals surface area contributed by atoms with Gasteiger partial charge in [-0.15, -0.1) is 47.0 Å². The number of nitrogens with one attached hydrogen (secondary N) is 4. The second-order valence-electron chi connectivity index (χ2n) is 28.2. The summed E-state index contributed by atoms with van der Waals surface area (Å²) in [4.78, 5) is 150. The molecular formula is C92H72N18O10S9. The lowest BCUT2D eigenvalue weighted by Crippen LogP contribution is -2.24. The minimum absolute atomic E-state index is 0.0720. The molecule has 12 aromatic heterocycles. The van der Waals surface area contributed by atoms with Crippen molar-refractivity contribution in [1.29, 1.82) is 0 Å².